The molecular weight excluding hydrogens is 434 g/mol. The van der Waals surface area contributed by atoms with E-state index in [1.807, 2.05) is 30.4 Å². The van der Waals surface area contributed by atoms with Crippen LogP contribution in [-0.2, 0) is 16.6 Å². The topological polar surface area (TPSA) is 120 Å². The van der Waals surface area contributed by atoms with E-state index in [0.29, 0.717) is 42.8 Å². The van der Waals surface area contributed by atoms with Crippen LogP contribution >= 0.6 is 0 Å². The standard InChI is InChI=1S/C24H29N7O3/c1-3-13-8-30(24(33)21-17-11-34-12-18(17)21)10-19(13)28-22-16(23(25)32)6-27-31-9-14(4-20(22)31)15-5-26-29(2)7-15/h4-7,9,13,17-19,21,28H,3,8,10-12H2,1-2H3,(H2,25,32)/t13-,17?,18?,19-,21?/m1/s1. The first kappa shape index (κ1) is 21.2. The molecule has 3 N–H and O–H groups in total. The summed E-state index contributed by atoms with van der Waals surface area (Å²) in [6.07, 6.45) is 8.08. The maximum absolute atomic E-state index is 13.2. The molecule has 3 aromatic rings. The summed E-state index contributed by atoms with van der Waals surface area (Å²) >= 11 is 0. The summed E-state index contributed by atoms with van der Waals surface area (Å²) in [4.78, 5) is 27.5. The summed E-state index contributed by atoms with van der Waals surface area (Å²) in [7, 11) is 1.87. The van der Waals surface area contributed by atoms with Crippen LogP contribution in [0.4, 0.5) is 5.69 Å². The predicted octanol–water partition coefficient (Wildman–Crippen LogP) is 1.38. The number of hydrogen-bond donors (Lipinski definition) is 2. The maximum atomic E-state index is 13.2. The van der Waals surface area contributed by atoms with Gasteiger partial charge in [-0.2, -0.15) is 10.2 Å². The summed E-state index contributed by atoms with van der Waals surface area (Å²) in [5.74, 6) is 0.899. The number of fused-ring (bicyclic) bond motifs is 2. The van der Waals surface area contributed by atoms with Crippen LogP contribution in [0.5, 0.6) is 0 Å². The zero-order chi connectivity index (χ0) is 23.6. The number of nitrogens with zero attached hydrogens (tertiary/aromatic N) is 5. The third kappa shape index (κ3) is 3.35. The third-order valence-corrected chi connectivity index (χ3v) is 7.78. The Labute approximate surface area is 197 Å². The number of aryl methyl sites for hydroxylation is 1. The van der Waals surface area contributed by atoms with Crippen LogP contribution in [0.1, 0.15) is 23.7 Å². The minimum absolute atomic E-state index is 0.0184. The van der Waals surface area contributed by atoms with Gasteiger partial charge in [0, 0.05) is 55.6 Å². The molecule has 1 saturated carbocycles. The van der Waals surface area contributed by atoms with E-state index in [9.17, 15) is 9.59 Å². The number of primary amides is 1. The summed E-state index contributed by atoms with van der Waals surface area (Å²) in [5, 5.41) is 12.3. The molecule has 10 nitrogen and oxygen atoms in total. The average Bonchev–Trinajstić information content (AvgIpc) is 3.38. The number of amides is 2. The highest BCUT2D eigenvalue weighted by molar-refractivity contribution is 6.02. The number of rotatable bonds is 6. The molecule has 1 aliphatic carbocycles. The van der Waals surface area contributed by atoms with E-state index in [1.165, 1.54) is 6.20 Å². The normalized spacial score (nSPS) is 27.8. The van der Waals surface area contributed by atoms with E-state index in [1.54, 1.807) is 15.4 Å². The quantitative estimate of drug-likeness (QED) is 0.570. The Bertz CT molecular complexity index is 1270. The summed E-state index contributed by atoms with van der Waals surface area (Å²) in [6, 6.07) is 2.01. The van der Waals surface area contributed by atoms with Crippen molar-refractivity contribution in [3.8, 4) is 11.1 Å². The van der Waals surface area contributed by atoms with Gasteiger partial charge in [0.25, 0.3) is 5.91 Å². The second-order valence-corrected chi connectivity index (χ2v) is 9.81. The van der Waals surface area contributed by atoms with Crippen molar-refractivity contribution in [3.63, 3.8) is 0 Å². The lowest BCUT2D eigenvalue weighted by Crippen LogP contribution is -2.34. The molecule has 0 bridgehead atoms. The molecule has 5 heterocycles. The van der Waals surface area contributed by atoms with Gasteiger partial charge < -0.3 is 20.7 Å². The number of likely N-dealkylation sites (tertiary alicyclic amines) is 1. The molecule has 2 aliphatic heterocycles. The molecule has 2 amide bonds. The number of hydrogen-bond acceptors (Lipinski definition) is 6. The monoisotopic (exact) mass is 463 g/mol. The minimum Gasteiger partial charge on any atom is -0.381 e. The lowest BCUT2D eigenvalue weighted by molar-refractivity contribution is -0.133. The van der Waals surface area contributed by atoms with Crippen molar-refractivity contribution in [2.45, 2.75) is 19.4 Å². The molecule has 3 aromatic heterocycles. The highest BCUT2D eigenvalue weighted by atomic mass is 16.5. The Balaban J connectivity index is 1.30. The first-order chi connectivity index (χ1) is 16.4. The van der Waals surface area contributed by atoms with Crippen LogP contribution in [0, 0.1) is 23.7 Å². The van der Waals surface area contributed by atoms with Crippen molar-refractivity contribution >= 4 is 23.0 Å². The van der Waals surface area contributed by atoms with Crippen molar-refractivity contribution in [2.75, 3.05) is 31.6 Å². The fourth-order valence-electron chi connectivity index (χ4n) is 5.75. The van der Waals surface area contributed by atoms with E-state index < -0.39 is 5.91 Å². The number of anilines is 1. The summed E-state index contributed by atoms with van der Waals surface area (Å²) in [5.41, 5.74) is 9.41. The summed E-state index contributed by atoms with van der Waals surface area (Å²) in [6.45, 7) is 4.88. The number of carbonyl (C=O) groups excluding carboxylic acids is 2. The van der Waals surface area contributed by atoms with Crippen molar-refractivity contribution in [1.82, 2.24) is 24.3 Å². The second kappa shape index (κ2) is 7.83. The van der Waals surface area contributed by atoms with Gasteiger partial charge in [0.1, 0.15) is 0 Å². The molecule has 178 valence electrons. The fraction of sp³-hybridized carbons (Fsp3) is 0.500. The first-order valence-corrected chi connectivity index (χ1v) is 11.9. The van der Waals surface area contributed by atoms with Crippen LogP contribution in [0.15, 0.2) is 30.9 Å². The van der Waals surface area contributed by atoms with Gasteiger partial charge >= 0.3 is 0 Å². The Morgan fingerprint density at radius 2 is 1.94 bits per heavy atom. The molecular formula is C24H29N7O3. The van der Waals surface area contributed by atoms with E-state index >= 15 is 0 Å². The zero-order valence-electron chi connectivity index (χ0n) is 19.3. The molecule has 3 aliphatic rings. The smallest absolute Gasteiger partial charge is 0.252 e. The van der Waals surface area contributed by atoms with Gasteiger partial charge in [0.15, 0.2) is 0 Å². The number of ether oxygens (including phenoxy) is 1. The van der Waals surface area contributed by atoms with E-state index in [2.05, 4.69) is 22.4 Å². The SMILES string of the molecule is CC[C@@H]1CN(C(=O)C2C3COCC32)C[C@H]1Nc1c(C(N)=O)cnn2cc(-c3cnn(C)c3)cc12. The molecule has 34 heavy (non-hydrogen) atoms. The van der Waals surface area contributed by atoms with Crippen LogP contribution < -0.4 is 11.1 Å². The largest absolute Gasteiger partial charge is 0.381 e. The molecule has 2 saturated heterocycles. The predicted molar refractivity (Wildman–Crippen MR) is 125 cm³/mol. The molecule has 0 radical (unpaired) electrons. The average molecular weight is 464 g/mol. The van der Waals surface area contributed by atoms with Gasteiger partial charge in [-0.25, -0.2) is 4.52 Å². The van der Waals surface area contributed by atoms with E-state index in [4.69, 9.17) is 10.5 Å². The van der Waals surface area contributed by atoms with Gasteiger partial charge in [-0.3, -0.25) is 14.3 Å². The molecule has 3 fully saturated rings. The zero-order valence-corrected chi connectivity index (χ0v) is 19.3. The van der Waals surface area contributed by atoms with Gasteiger partial charge in [-0.1, -0.05) is 6.92 Å². The maximum Gasteiger partial charge on any atom is 0.252 e. The van der Waals surface area contributed by atoms with Crippen molar-refractivity contribution < 1.29 is 14.3 Å². The fourth-order valence-corrected chi connectivity index (χ4v) is 5.75. The van der Waals surface area contributed by atoms with Crippen molar-refractivity contribution in [3.05, 3.63) is 36.4 Å². The molecule has 0 aromatic carbocycles. The molecule has 10 heteroatoms. The molecule has 2 unspecified atom stereocenters. The Kier molecular flexibility index (Phi) is 4.87. The van der Waals surface area contributed by atoms with Crippen LogP contribution in [0.2, 0.25) is 0 Å². The number of aromatic nitrogens is 4. The second-order valence-electron chi connectivity index (χ2n) is 9.81. The first-order valence-electron chi connectivity index (χ1n) is 11.9. The van der Waals surface area contributed by atoms with Gasteiger partial charge in [0.2, 0.25) is 5.91 Å². The minimum atomic E-state index is -0.536. The highest BCUT2D eigenvalue weighted by Gasteiger charge is 2.59. The highest BCUT2D eigenvalue weighted by Crippen LogP contribution is 2.52. The van der Waals surface area contributed by atoms with E-state index in [0.717, 1.165) is 29.6 Å². The van der Waals surface area contributed by atoms with Gasteiger partial charge in [0.05, 0.1) is 42.4 Å². The van der Waals surface area contributed by atoms with Gasteiger partial charge in [-0.15, -0.1) is 0 Å². The Morgan fingerprint density at radius 1 is 1.15 bits per heavy atom. The lowest BCUT2D eigenvalue weighted by atomic mass is 10.00. The van der Waals surface area contributed by atoms with Gasteiger partial charge in [-0.05, 0) is 30.2 Å². The molecule has 4 atom stereocenters. The molecule has 6 rings (SSSR count). The number of nitrogens with one attached hydrogen (secondary N) is 1. The van der Waals surface area contributed by atoms with Crippen LogP contribution in [0.25, 0.3) is 16.6 Å². The van der Waals surface area contributed by atoms with Crippen molar-refractivity contribution in [2.24, 2.45) is 36.5 Å². The lowest BCUT2D eigenvalue weighted by Gasteiger charge is -2.21. The van der Waals surface area contributed by atoms with Crippen LogP contribution in [0.3, 0.4) is 0 Å². The van der Waals surface area contributed by atoms with Crippen molar-refractivity contribution in [1.29, 1.82) is 0 Å². The number of nitrogens with two attached hydrogens (primary N) is 1. The van der Waals surface area contributed by atoms with Crippen LogP contribution in [-0.4, -0.2) is 68.5 Å². The Morgan fingerprint density at radius 3 is 2.62 bits per heavy atom. The molecule has 0 spiro atoms. The Hall–Kier alpha value is -3.40. The third-order valence-electron chi connectivity index (χ3n) is 7.78. The number of carbonyl (C=O) groups is 2. The summed E-state index contributed by atoms with van der Waals surface area (Å²) < 4.78 is 8.96. The van der Waals surface area contributed by atoms with E-state index in [-0.39, 0.29) is 23.8 Å².